The van der Waals surface area contributed by atoms with Gasteiger partial charge in [0.2, 0.25) is 0 Å². The summed E-state index contributed by atoms with van der Waals surface area (Å²) >= 11 is 0. The summed E-state index contributed by atoms with van der Waals surface area (Å²) in [5.41, 5.74) is 0.142. The monoisotopic (exact) mass is 274 g/mol. The second-order valence-electron chi connectivity index (χ2n) is 6.25. The molecule has 108 valence electrons. The number of benzene rings is 1. The molecule has 0 aromatic heterocycles. The third-order valence-corrected chi connectivity index (χ3v) is 4.45. The topological polar surface area (TPSA) is 57.5 Å². The number of hydrogen-bond acceptors (Lipinski definition) is 2. The van der Waals surface area contributed by atoms with Gasteiger partial charge >= 0.3 is 5.97 Å². The fourth-order valence-electron chi connectivity index (χ4n) is 3.08. The second-order valence-corrected chi connectivity index (χ2v) is 6.25. The number of hydrogen-bond donors (Lipinski definition) is 2. The van der Waals surface area contributed by atoms with E-state index in [0.29, 0.717) is 0 Å². The van der Waals surface area contributed by atoms with Gasteiger partial charge in [-0.25, -0.2) is 0 Å². The zero-order valence-electron chi connectivity index (χ0n) is 12.1. The second kappa shape index (κ2) is 5.41. The van der Waals surface area contributed by atoms with E-state index in [1.54, 1.807) is 0 Å². The molecule has 1 aliphatic rings. The van der Waals surface area contributed by atoms with Gasteiger partial charge in [-0.05, 0) is 35.8 Å². The summed E-state index contributed by atoms with van der Waals surface area (Å²) in [4.78, 5) is 11.2. The highest BCUT2D eigenvalue weighted by atomic mass is 16.4. The molecule has 0 spiro atoms. The van der Waals surface area contributed by atoms with Crippen molar-refractivity contribution in [3.63, 3.8) is 0 Å². The van der Waals surface area contributed by atoms with Crippen LogP contribution in [0.25, 0.3) is 6.08 Å². The van der Waals surface area contributed by atoms with Crippen molar-refractivity contribution >= 4 is 12.0 Å². The van der Waals surface area contributed by atoms with Crippen LogP contribution in [0, 0.1) is 5.41 Å². The van der Waals surface area contributed by atoms with E-state index in [-0.39, 0.29) is 6.42 Å². The molecule has 2 N–H and O–H groups in total. The van der Waals surface area contributed by atoms with Crippen LogP contribution in [-0.2, 0) is 4.79 Å². The van der Waals surface area contributed by atoms with Gasteiger partial charge in [0.05, 0.1) is 6.42 Å². The average Bonchev–Trinajstić information content (AvgIpc) is 2.36. The van der Waals surface area contributed by atoms with E-state index < -0.39 is 17.0 Å². The smallest absolute Gasteiger partial charge is 0.306 e. The predicted molar refractivity (Wildman–Crippen MR) is 79.3 cm³/mol. The van der Waals surface area contributed by atoms with Gasteiger partial charge in [0.15, 0.2) is 0 Å². The van der Waals surface area contributed by atoms with Crippen LogP contribution in [0.15, 0.2) is 35.9 Å². The molecule has 20 heavy (non-hydrogen) atoms. The molecule has 3 nitrogen and oxygen atoms in total. The van der Waals surface area contributed by atoms with E-state index in [0.717, 1.165) is 30.4 Å². The number of carboxylic acid groups (broad SMARTS) is 1. The standard InChI is InChI=1S/C17H22O3/c1-16(2)10-6-9-14(17(16,20)12-15(18)19)11-13-7-4-3-5-8-13/h3-5,7-8,11,20H,6,9-10,12H2,1-2H3,(H,18,19)/b14-11-/t17-/m1/s1. The van der Waals surface area contributed by atoms with E-state index >= 15 is 0 Å². The van der Waals surface area contributed by atoms with Crippen LogP contribution < -0.4 is 0 Å². The van der Waals surface area contributed by atoms with Crippen molar-refractivity contribution in [1.82, 2.24) is 0 Å². The molecule has 1 saturated carbocycles. The number of aliphatic hydroxyl groups is 1. The minimum absolute atomic E-state index is 0.237. The summed E-state index contributed by atoms with van der Waals surface area (Å²) in [6.07, 6.45) is 4.28. The summed E-state index contributed by atoms with van der Waals surface area (Å²) in [6, 6.07) is 9.76. The first kappa shape index (κ1) is 14.8. The van der Waals surface area contributed by atoms with Crippen molar-refractivity contribution in [3.05, 3.63) is 41.5 Å². The van der Waals surface area contributed by atoms with E-state index in [2.05, 4.69) is 0 Å². The number of carbonyl (C=O) groups is 1. The highest BCUT2D eigenvalue weighted by molar-refractivity contribution is 5.71. The fourth-order valence-corrected chi connectivity index (χ4v) is 3.08. The van der Waals surface area contributed by atoms with Crippen LogP contribution in [-0.4, -0.2) is 21.8 Å². The molecule has 2 rings (SSSR count). The van der Waals surface area contributed by atoms with Crippen LogP contribution in [0.2, 0.25) is 0 Å². The van der Waals surface area contributed by atoms with Gasteiger partial charge < -0.3 is 10.2 Å². The Morgan fingerprint density at radius 1 is 1.30 bits per heavy atom. The molecule has 0 unspecified atom stereocenters. The Labute approximate surface area is 120 Å². The molecule has 0 aliphatic heterocycles. The molecule has 1 aromatic rings. The molecular weight excluding hydrogens is 252 g/mol. The first-order valence-corrected chi connectivity index (χ1v) is 7.05. The quantitative estimate of drug-likeness (QED) is 0.887. The molecule has 1 atom stereocenters. The zero-order valence-corrected chi connectivity index (χ0v) is 12.1. The molecule has 0 heterocycles. The van der Waals surface area contributed by atoms with Crippen molar-refractivity contribution in [2.24, 2.45) is 5.41 Å². The molecule has 1 aliphatic carbocycles. The van der Waals surface area contributed by atoms with Crippen molar-refractivity contribution in [2.75, 3.05) is 0 Å². The molecular formula is C17H22O3. The molecule has 1 aromatic carbocycles. The summed E-state index contributed by atoms with van der Waals surface area (Å²) in [5.74, 6) is -0.957. The van der Waals surface area contributed by atoms with Crippen molar-refractivity contribution in [3.8, 4) is 0 Å². The lowest BCUT2D eigenvalue weighted by atomic mass is 9.61. The molecule has 0 saturated heterocycles. The Balaban J connectivity index is 2.43. The molecule has 1 fully saturated rings. The van der Waals surface area contributed by atoms with Gasteiger partial charge in [0, 0.05) is 0 Å². The first-order valence-electron chi connectivity index (χ1n) is 7.05. The van der Waals surface area contributed by atoms with E-state index in [4.69, 9.17) is 5.11 Å². The molecule has 0 amide bonds. The third-order valence-electron chi connectivity index (χ3n) is 4.45. The largest absolute Gasteiger partial charge is 0.481 e. The van der Waals surface area contributed by atoms with Crippen LogP contribution in [0.1, 0.15) is 45.1 Å². The summed E-state index contributed by atoms with van der Waals surface area (Å²) in [7, 11) is 0. The maximum Gasteiger partial charge on any atom is 0.306 e. The summed E-state index contributed by atoms with van der Waals surface area (Å²) in [5, 5.41) is 20.2. The lowest BCUT2D eigenvalue weighted by Gasteiger charge is -2.47. The van der Waals surface area contributed by atoms with Crippen LogP contribution >= 0.6 is 0 Å². The van der Waals surface area contributed by atoms with Crippen LogP contribution in [0.5, 0.6) is 0 Å². The average molecular weight is 274 g/mol. The van der Waals surface area contributed by atoms with Crippen molar-refractivity contribution in [2.45, 2.75) is 45.1 Å². The highest BCUT2D eigenvalue weighted by Gasteiger charge is 2.49. The Kier molecular flexibility index (Phi) is 4.00. The van der Waals surface area contributed by atoms with Gasteiger partial charge in [-0.3, -0.25) is 4.79 Å². The van der Waals surface area contributed by atoms with Crippen molar-refractivity contribution < 1.29 is 15.0 Å². The summed E-state index contributed by atoms with van der Waals surface area (Å²) in [6.45, 7) is 3.90. The van der Waals surface area contributed by atoms with Crippen molar-refractivity contribution in [1.29, 1.82) is 0 Å². The SMILES string of the molecule is CC1(C)CCC/C(=C/c2ccccc2)[C@]1(O)CC(=O)O. The predicted octanol–water partition coefficient (Wildman–Crippen LogP) is 3.49. The summed E-state index contributed by atoms with van der Waals surface area (Å²) < 4.78 is 0. The maximum atomic E-state index is 11.2. The zero-order chi connectivity index (χ0) is 14.8. The lowest BCUT2D eigenvalue weighted by molar-refractivity contribution is -0.147. The minimum atomic E-state index is -1.27. The Morgan fingerprint density at radius 2 is 1.95 bits per heavy atom. The molecule has 0 bridgehead atoms. The molecule has 0 radical (unpaired) electrons. The van der Waals surface area contributed by atoms with E-state index in [1.165, 1.54) is 0 Å². The Morgan fingerprint density at radius 3 is 2.55 bits per heavy atom. The Bertz CT molecular complexity index is 516. The first-order chi connectivity index (χ1) is 9.35. The normalized spacial score (nSPS) is 27.4. The van der Waals surface area contributed by atoms with Crippen LogP contribution in [0.4, 0.5) is 0 Å². The number of aliphatic carboxylic acids is 1. The van der Waals surface area contributed by atoms with Crippen LogP contribution in [0.3, 0.4) is 0 Å². The van der Waals surface area contributed by atoms with Gasteiger partial charge in [0.1, 0.15) is 5.60 Å². The molecule has 3 heteroatoms. The van der Waals surface area contributed by atoms with Gasteiger partial charge in [-0.1, -0.05) is 50.3 Å². The fraction of sp³-hybridized carbons (Fsp3) is 0.471. The third kappa shape index (κ3) is 2.78. The lowest BCUT2D eigenvalue weighted by Crippen LogP contribution is -2.50. The van der Waals surface area contributed by atoms with Gasteiger partial charge in [-0.15, -0.1) is 0 Å². The van der Waals surface area contributed by atoms with Gasteiger partial charge in [-0.2, -0.15) is 0 Å². The minimum Gasteiger partial charge on any atom is -0.481 e. The van der Waals surface area contributed by atoms with Gasteiger partial charge in [0.25, 0.3) is 0 Å². The van der Waals surface area contributed by atoms with E-state index in [1.807, 2.05) is 50.3 Å². The highest BCUT2D eigenvalue weighted by Crippen LogP contribution is 2.49. The maximum absolute atomic E-state index is 11.2. The Hall–Kier alpha value is -1.61. The van der Waals surface area contributed by atoms with E-state index in [9.17, 15) is 9.90 Å². The number of carboxylic acids is 1. The number of rotatable bonds is 3.